The first-order valence-corrected chi connectivity index (χ1v) is 7.48. The molecule has 0 aliphatic rings. The van der Waals surface area contributed by atoms with Crippen molar-refractivity contribution in [3.63, 3.8) is 0 Å². The molecule has 1 unspecified atom stereocenters. The fraction of sp³-hybridized carbons (Fsp3) is 0.125. The Morgan fingerprint density at radius 2 is 1.85 bits per heavy atom. The van der Waals surface area contributed by atoms with Crippen LogP contribution in [0, 0.1) is 21.7 Å². The molecule has 0 spiro atoms. The average Bonchev–Trinajstić information content (AvgIpc) is 2.57. The first kappa shape index (κ1) is 19.3. The maximum absolute atomic E-state index is 13.5. The summed E-state index contributed by atoms with van der Waals surface area (Å²) >= 11 is 5.71. The molecule has 2 aromatic rings. The molecule has 0 saturated heterocycles. The van der Waals surface area contributed by atoms with Gasteiger partial charge in [-0.2, -0.15) is 0 Å². The average molecular weight is 385 g/mol. The molecule has 7 nitrogen and oxygen atoms in total. The Balaban J connectivity index is 2.16. The third kappa shape index (κ3) is 4.31. The van der Waals surface area contributed by atoms with E-state index in [1.54, 1.807) is 0 Å². The van der Waals surface area contributed by atoms with Crippen LogP contribution in [0.15, 0.2) is 36.4 Å². The number of esters is 1. The number of carbonyl (C=O) groups is 2. The highest BCUT2D eigenvalue weighted by molar-refractivity contribution is 6.31. The summed E-state index contributed by atoms with van der Waals surface area (Å²) in [7, 11) is 0. The molecule has 136 valence electrons. The van der Waals surface area contributed by atoms with E-state index in [-0.39, 0.29) is 5.02 Å². The van der Waals surface area contributed by atoms with Crippen LogP contribution in [0.2, 0.25) is 5.02 Å². The summed E-state index contributed by atoms with van der Waals surface area (Å²) < 4.78 is 31.9. The van der Waals surface area contributed by atoms with Crippen LogP contribution in [0.1, 0.15) is 17.3 Å². The van der Waals surface area contributed by atoms with Gasteiger partial charge in [0.25, 0.3) is 11.6 Å². The molecule has 26 heavy (non-hydrogen) atoms. The van der Waals surface area contributed by atoms with Crippen LogP contribution < -0.4 is 5.32 Å². The number of nitrogens with one attached hydrogen (secondary N) is 1. The van der Waals surface area contributed by atoms with Gasteiger partial charge in [0, 0.05) is 11.1 Å². The van der Waals surface area contributed by atoms with Crippen LogP contribution in [0.5, 0.6) is 0 Å². The number of benzene rings is 2. The highest BCUT2D eigenvalue weighted by atomic mass is 35.5. The Morgan fingerprint density at radius 1 is 1.23 bits per heavy atom. The van der Waals surface area contributed by atoms with Crippen molar-refractivity contribution in [3.8, 4) is 0 Å². The molecule has 1 atom stereocenters. The minimum Gasteiger partial charge on any atom is -0.449 e. The van der Waals surface area contributed by atoms with Gasteiger partial charge < -0.3 is 10.1 Å². The Bertz CT molecular complexity index is 871. The molecular formula is C16H11ClF2N2O5. The zero-order valence-electron chi connectivity index (χ0n) is 13.2. The summed E-state index contributed by atoms with van der Waals surface area (Å²) in [5, 5.41) is 13.0. The lowest BCUT2D eigenvalue weighted by atomic mass is 10.2. The van der Waals surface area contributed by atoms with Gasteiger partial charge in [-0.1, -0.05) is 17.7 Å². The van der Waals surface area contributed by atoms with E-state index in [9.17, 15) is 28.5 Å². The molecule has 0 aromatic heterocycles. The molecule has 0 heterocycles. The number of para-hydroxylation sites is 1. The van der Waals surface area contributed by atoms with E-state index in [1.807, 2.05) is 5.32 Å². The minimum atomic E-state index is -1.49. The molecule has 0 bridgehead atoms. The number of halogens is 3. The van der Waals surface area contributed by atoms with E-state index in [0.29, 0.717) is 0 Å². The van der Waals surface area contributed by atoms with E-state index in [4.69, 9.17) is 16.3 Å². The largest absolute Gasteiger partial charge is 0.449 e. The lowest BCUT2D eigenvalue weighted by molar-refractivity contribution is -0.385. The van der Waals surface area contributed by atoms with Gasteiger partial charge >= 0.3 is 5.97 Å². The van der Waals surface area contributed by atoms with E-state index in [1.165, 1.54) is 6.07 Å². The quantitative estimate of drug-likeness (QED) is 0.481. The number of nitrogens with zero attached hydrogens (tertiary/aromatic N) is 1. The van der Waals surface area contributed by atoms with Crippen molar-refractivity contribution in [1.29, 1.82) is 0 Å². The van der Waals surface area contributed by atoms with Crippen LogP contribution in [-0.4, -0.2) is 22.9 Å². The predicted molar refractivity (Wildman–Crippen MR) is 88.0 cm³/mol. The van der Waals surface area contributed by atoms with E-state index >= 15 is 0 Å². The molecule has 1 amide bonds. The maximum atomic E-state index is 13.5. The standard InChI is InChI=1S/C16H11ClF2N2O5/c1-8(15(22)20-14-11(18)3-2-4-12(14)19)26-16(23)10-7-9(17)5-6-13(10)21(24)25/h2-8H,1H3,(H,20,22). The molecular weight excluding hydrogens is 374 g/mol. The van der Waals surface area contributed by atoms with E-state index in [2.05, 4.69) is 0 Å². The third-order valence-corrected chi connectivity index (χ3v) is 3.47. The lowest BCUT2D eigenvalue weighted by Crippen LogP contribution is -2.30. The predicted octanol–water partition coefficient (Wildman–Crippen LogP) is 3.71. The summed E-state index contributed by atoms with van der Waals surface area (Å²) in [5.74, 6) is -4.23. The lowest BCUT2D eigenvalue weighted by Gasteiger charge is -2.14. The number of rotatable bonds is 5. The Hall–Kier alpha value is -3.07. The normalized spacial score (nSPS) is 11.5. The van der Waals surface area contributed by atoms with Crippen molar-refractivity contribution in [3.05, 3.63) is 68.7 Å². The van der Waals surface area contributed by atoms with Crippen LogP contribution in [0.4, 0.5) is 20.2 Å². The fourth-order valence-corrected chi connectivity index (χ4v) is 2.12. The second kappa shape index (κ2) is 7.87. The highest BCUT2D eigenvalue weighted by Crippen LogP contribution is 2.24. The van der Waals surface area contributed by atoms with Crippen molar-refractivity contribution in [2.24, 2.45) is 0 Å². The third-order valence-electron chi connectivity index (χ3n) is 3.24. The molecule has 0 aliphatic carbocycles. The molecule has 2 aromatic carbocycles. The van der Waals surface area contributed by atoms with Crippen LogP contribution in [0.25, 0.3) is 0 Å². The molecule has 0 aliphatic heterocycles. The van der Waals surface area contributed by atoms with Gasteiger partial charge in [0.15, 0.2) is 6.10 Å². The van der Waals surface area contributed by atoms with Crippen molar-refractivity contribution < 1.29 is 28.0 Å². The number of ether oxygens (including phenoxy) is 1. The number of hydrogen-bond donors (Lipinski definition) is 1. The molecule has 1 N–H and O–H groups in total. The first-order valence-electron chi connectivity index (χ1n) is 7.10. The number of nitro groups is 1. The fourth-order valence-electron chi connectivity index (χ4n) is 1.95. The minimum absolute atomic E-state index is 0.0492. The number of carbonyl (C=O) groups excluding carboxylic acids is 2. The summed E-state index contributed by atoms with van der Waals surface area (Å²) in [5.41, 5.74) is -1.72. The van der Waals surface area contributed by atoms with Gasteiger partial charge in [0.05, 0.1) is 4.92 Å². The molecule has 0 fully saturated rings. The summed E-state index contributed by atoms with van der Waals surface area (Å²) in [6.45, 7) is 1.14. The van der Waals surface area contributed by atoms with Gasteiger partial charge in [-0.05, 0) is 31.2 Å². The topological polar surface area (TPSA) is 98.5 Å². The smallest absolute Gasteiger partial charge is 0.345 e. The number of hydrogen-bond acceptors (Lipinski definition) is 5. The zero-order valence-corrected chi connectivity index (χ0v) is 13.9. The summed E-state index contributed by atoms with van der Waals surface area (Å²) in [4.78, 5) is 34.2. The van der Waals surface area contributed by atoms with Crippen molar-refractivity contribution in [1.82, 2.24) is 0 Å². The summed E-state index contributed by atoms with van der Waals surface area (Å²) in [6.07, 6.45) is -1.49. The first-order chi connectivity index (χ1) is 12.2. The Kier molecular flexibility index (Phi) is 5.83. The van der Waals surface area contributed by atoms with Crippen molar-refractivity contribution >= 4 is 34.9 Å². The molecule has 10 heteroatoms. The second-order valence-electron chi connectivity index (χ2n) is 5.05. The Morgan fingerprint density at radius 3 is 2.42 bits per heavy atom. The zero-order chi connectivity index (χ0) is 19.4. The molecule has 0 radical (unpaired) electrons. The SMILES string of the molecule is CC(OC(=O)c1cc(Cl)ccc1[N+](=O)[O-])C(=O)Nc1c(F)cccc1F. The number of nitro benzene ring substituents is 1. The number of amides is 1. The van der Waals surface area contributed by atoms with Gasteiger partial charge in [-0.3, -0.25) is 14.9 Å². The van der Waals surface area contributed by atoms with E-state index in [0.717, 1.165) is 37.3 Å². The van der Waals surface area contributed by atoms with Gasteiger partial charge in [-0.25, -0.2) is 13.6 Å². The van der Waals surface area contributed by atoms with Gasteiger partial charge in [-0.15, -0.1) is 0 Å². The Labute approximate surface area is 150 Å². The number of anilines is 1. The van der Waals surface area contributed by atoms with Gasteiger partial charge in [0.2, 0.25) is 0 Å². The molecule has 2 rings (SSSR count). The maximum Gasteiger partial charge on any atom is 0.345 e. The second-order valence-corrected chi connectivity index (χ2v) is 5.49. The van der Waals surface area contributed by atoms with Crippen molar-refractivity contribution in [2.75, 3.05) is 5.32 Å². The van der Waals surface area contributed by atoms with E-state index < -0.39 is 51.5 Å². The monoisotopic (exact) mass is 384 g/mol. The van der Waals surface area contributed by atoms with Crippen molar-refractivity contribution in [2.45, 2.75) is 13.0 Å². The van der Waals surface area contributed by atoms with Crippen LogP contribution >= 0.6 is 11.6 Å². The van der Waals surface area contributed by atoms with Gasteiger partial charge in [0.1, 0.15) is 22.9 Å². The summed E-state index contributed by atoms with van der Waals surface area (Å²) in [6, 6.07) is 6.23. The van der Waals surface area contributed by atoms with Crippen LogP contribution in [-0.2, 0) is 9.53 Å². The molecule has 0 saturated carbocycles. The highest BCUT2D eigenvalue weighted by Gasteiger charge is 2.26. The van der Waals surface area contributed by atoms with Crippen LogP contribution in [0.3, 0.4) is 0 Å².